The summed E-state index contributed by atoms with van der Waals surface area (Å²) >= 11 is 3.12. The summed E-state index contributed by atoms with van der Waals surface area (Å²) in [6.45, 7) is 1.72. The van der Waals surface area contributed by atoms with E-state index in [9.17, 15) is 17.6 Å². The lowest BCUT2D eigenvalue weighted by Crippen LogP contribution is -2.15. The molecule has 0 saturated carbocycles. The standard InChI is InChI=1S/C15H13BrFNO3S/c1-9-3-5-11(22(2,20)21)8-14(9)18-15(19)12-6-4-10(16)7-13(12)17/h3-8H,1-2H3,(H,18,19). The van der Waals surface area contributed by atoms with E-state index in [1.54, 1.807) is 19.1 Å². The van der Waals surface area contributed by atoms with Gasteiger partial charge in [0.25, 0.3) is 5.91 Å². The average molecular weight is 386 g/mol. The van der Waals surface area contributed by atoms with Gasteiger partial charge in [-0.05, 0) is 42.8 Å². The lowest BCUT2D eigenvalue weighted by Gasteiger charge is -2.10. The third-order valence-electron chi connectivity index (χ3n) is 3.06. The maximum Gasteiger partial charge on any atom is 0.258 e. The van der Waals surface area contributed by atoms with Gasteiger partial charge < -0.3 is 5.32 Å². The molecule has 0 bridgehead atoms. The number of carbonyl (C=O) groups is 1. The molecule has 0 spiro atoms. The minimum Gasteiger partial charge on any atom is -0.322 e. The zero-order valence-electron chi connectivity index (χ0n) is 11.9. The Hall–Kier alpha value is -1.73. The van der Waals surface area contributed by atoms with Crippen LogP contribution in [0.1, 0.15) is 15.9 Å². The zero-order chi connectivity index (χ0) is 16.5. The molecule has 0 aliphatic heterocycles. The molecule has 2 aromatic rings. The topological polar surface area (TPSA) is 63.2 Å². The number of anilines is 1. The molecule has 116 valence electrons. The van der Waals surface area contributed by atoms with Crippen LogP contribution in [-0.2, 0) is 9.84 Å². The highest BCUT2D eigenvalue weighted by atomic mass is 79.9. The van der Waals surface area contributed by atoms with Crippen LogP contribution in [0.15, 0.2) is 45.8 Å². The Morgan fingerprint density at radius 2 is 1.86 bits per heavy atom. The van der Waals surface area contributed by atoms with E-state index in [1.165, 1.54) is 24.3 Å². The summed E-state index contributed by atoms with van der Waals surface area (Å²) in [6.07, 6.45) is 1.08. The number of hydrogen-bond donors (Lipinski definition) is 1. The number of benzene rings is 2. The maximum atomic E-state index is 13.8. The van der Waals surface area contributed by atoms with Crippen molar-refractivity contribution >= 4 is 37.4 Å². The van der Waals surface area contributed by atoms with Crippen molar-refractivity contribution in [3.63, 3.8) is 0 Å². The molecule has 0 unspecified atom stereocenters. The number of halogens is 2. The minimum atomic E-state index is -3.39. The van der Waals surface area contributed by atoms with Crippen molar-refractivity contribution in [2.45, 2.75) is 11.8 Å². The van der Waals surface area contributed by atoms with Gasteiger partial charge in [0.2, 0.25) is 0 Å². The number of hydrogen-bond acceptors (Lipinski definition) is 3. The molecule has 0 atom stereocenters. The Labute approximate surface area is 136 Å². The second-order valence-corrected chi connectivity index (χ2v) is 7.76. The predicted octanol–water partition coefficient (Wildman–Crippen LogP) is 3.55. The number of rotatable bonds is 3. The van der Waals surface area contributed by atoms with E-state index in [0.717, 1.165) is 6.26 Å². The molecule has 0 fully saturated rings. The van der Waals surface area contributed by atoms with Crippen LogP contribution in [0.3, 0.4) is 0 Å². The quantitative estimate of drug-likeness (QED) is 0.878. The normalized spacial score (nSPS) is 11.3. The van der Waals surface area contributed by atoms with Gasteiger partial charge in [0, 0.05) is 16.4 Å². The monoisotopic (exact) mass is 385 g/mol. The van der Waals surface area contributed by atoms with Crippen LogP contribution in [0.25, 0.3) is 0 Å². The van der Waals surface area contributed by atoms with E-state index in [-0.39, 0.29) is 10.5 Å². The summed E-state index contributed by atoms with van der Waals surface area (Å²) in [5.74, 6) is -1.30. The zero-order valence-corrected chi connectivity index (χ0v) is 14.3. The lowest BCUT2D eigenvalue weighted by molar-refractivity contribution is 0.102. The molecule has 2 rings (SSSR count). The molecule has 0 heterocycles. The molecular weight excluding hydrogens is 373 g/mol. The van der Waals surface area contributed by atoms with Crippen molar-refractivity contribution in [2.75, 3.05) is 11.6 Å². The Kier molecular flexibility index (Phi) is 4.67. The highest BCUT2D eigenvalue weighted by Crippen LogP contribution is 2.22. The van der Waals surface area contributed by atoms with Crippen molar-refractivity contribution in [1.29, 1.82) is 0 Å². The number of aryl methyl sites for hydroxylation is 1. The van der Waals surface area contributed by atoms with Crippen LogP contribution in [-0.4, -0.2) is 20.6 Å². The van der Waals surface area contributed by atoms with Gasteiger partial charge in [0.15, 0.2) is 9.84 Å². The summed E-state index contributed by atoms with van der Waals surface area (Å²) in [4.78, 5) is 12.2. The second kappa shape index (κ2) is 6.18. The molecule has 0 aliphatic carbocycles. The van der Waals surface area contributed by atoms with E-state index in [1.807, 2.05) is 0 Å². The Bertz CT molecular complexity index is 850. The first kappa shape index (κ1) is 16.6. The molecule has 0 radical (unpaired) electrons. The van der Waals surface area contributed by atoms with Crippen molar-refractivity contribution in [3.05, 3.63) is 57.8 Å². The molecule has 1 amide bonds. The Morgan fingerprint density at radius 3 is 2.45 bits per heavy atom. The predicted molar refractivity (Wildman–Crippen MR) is 86.3 cm³/mol. The molecule has 0 saturated heterocycles. The van der Waals surface area contributed by atoms with Gasteiger partial charge in [-0.25, -0.2) is 12.8 Å². The van der Waals surface area contributed by atoms with E-state index in [0.29, 0.717) is 15.7 Å². The smallest absolute Gasteiger partial charge is 0.258 e. The van der Waals surface area contributed by atoms with Crippen molar-refractivity contribution in [2.24, 2.45) is 0 Å². The fraction of sp³-hybridized carbons (Fsp3) is 0.133. The van der Waals surface area contributed by atoms with Crippen LogP contribution in [0, 0.1) is 12.7 Å². The Morgan fingerprint density at radius 1 is 1.18 bits per heavy atom. The molecule has 4 nitrogen and oxygen atoms in total. The van der Waals surface area contributed by atoms with Gasteiger partial charge in [-0.2, -0.15) is 0 Å². The van der Waals surface area contributed by atoms with Crippen LogP contribution in [0.4, 0.5) is 10.1 Å². The number of carbonyl (C=O) groups excluding carboxylic acids is 1. The van der Waals surface area contributed by atoms with Gasteiger partial charge >= 0.3 is 0 Å². The number of nitrogens with one attached hydrogen (secondary N) is 1. The summed E-state index contributed by atoms with van der Waals surface area (Å²) in [6, 6.07) is 8.50. The fourth-order valence-electron chi connectivity index (χ4n) is 1.83. The van der Waals surface area contributed by atoms with Gasteiger partial charge in [0.05, 0.1) is 10.5 Å². The molecule has 22 heavy (non-hydrogen) atoms. The van der Waals surface area contributed by atoms with Gasteiger partial charge in [-0.1, -0.05) is 22.0 Å². The SMILES string of the molecule is Cc1ccc(S(C)(=O)=O)cc1NC(=O)c1ccc(Br)cc1F. The van der Waals surface area contributed by atoms with E-state index in [4.69, 9.17) is 0 Å². The highest BCUT2D eigenvalue weighted by molar-refractivity contribution is 9.10. The Balaban J connectivity index is 2.36. The third-order valence-corrected chi connectivity index (χ3v) is 4.66. The van der Waals surface area contributed by atoms with Crippen molar-refractivity contribution in [3.8, 4) is 0 Å². The largest absolute Gasteiger partial charge is 0.322 e. The van der Waals surface area contributed by atoms with Crippen molar-refractivity contribution < 1.29 is 17.6 Å². The second-order valence-electron chi connectivity index (χ2n) is 4.83. The van der Waals surface area contributed by atoms with Crippen LogP contribution < -0.4 is 5.32 Å². The maximum absolute atomic E-state index is 13.8. The van der Waals surface area contributed by atoms with Crippen LogP contribution in [0.2, 0.25) is 0 Å². The van der Waals surface area contributed by atoms with Gasteiger partial charge in [-0.3, -0.25) is 4.79 Å². The molecule has 0 aliphatic rings. The third kappa shape index (κ3) is 3.72. The van der Waals surface area contributed by atoms with Crippen molar-refractivity contribution in [1.82, 2.24) is 0 Å². The fourth-order valence-corrected chi connectivity index (χ4v) is 2.81. The summed E-state index contributed by atoms with van der Waals surface area (Å²) in [5.41, 5.74) is 0.890. The van der Waals surface area contributed by atoms with Gasteiger partial charge in [0.1, 0.15) is 5.82 Å². The van der Waals surface area contributed by atoms with Crippen LogP contribution >= 0.6 is 15.9 Å². The first-order valence-electron chi connectivity index (χ1n) is 6.25. The van der Waals surface area contributed by atoms with Crippen LogP contribution in [0.5, 0.6) is 0 Å². The summed E-state index contributed by atoms with van der Waals surface area (Å²) in [5, 5.41) is 2.54. The van der Waals surface area contributed by atoms with Gasteiger partial charge in [-0.15, -0.1) is 0 Å². The van der Waals surface area contributed by atoms with E-state index >= 15 is 0 Å². The molecule has 0 aromatic heterocycles. The lowest BCUT2D eigenvalue weighted by atomic mass is 10.1. The first-order valence-corrected chi connectivity index (χ1v) is 8.94. The highest BCUT2D eigenvalue weighted by Gasteiger charge is 2.15. The summed E-state index contributed by atoms with van der Waals surface area (Å²) < 4.78 is 37.4. The minimum absolute atomic E-state index is 0.0877. The molecule has 7 heteroatoms. The van der Waals surface area contributed by atoms with E-state index in [2.05, 4.69) is 21.2 Å². The number of sulfone groups is 1. The average Bonchev–Trinajstić information content (AvgIpc) is 2.39. The molecule has 2 aromatic carbocycles. The van der Waals surface area contributed by atoms with E-state index < -0.39 is 21.6 Å². The first-order chi connectivity index (χ1) is 10.2. The molecule has 1 N–H and O–H groups in total. The summed E-state index contributed by atoms with van der Waals surface area (Å²) in [7, 11) is -3.39. The molecular formula is C15H13BrFNO3S. The number of amides is 1.